The molecule has 0 atom stereocenters. The van der Waals surface area contributed by atoms with Crippen molar-refractivity contribution in [2.75, 3.05) is 25.2 Å². The smallest absolute Gasteiger partial charge is 0.281 e. The highest BCUT2D eigenvalue weighted by Gasteiger charge is 2.32. The number of carbonyl (C=O) groups is 1. The summed E-state index contributed by atoms with van der Waals surface area (Å²) in [6, 6.07) is 12.6. The third-order valence-electron chi connectivity index (χ3n) is 4.14. The molecule has 29 heavy (non-hydrogen) atoms. The summed E-state index contributed by atoms with van der Waals surface area (Å²) in [6.45, 7) is 6.43. The Hall–Kier alpha value is -3.32. The zero-order valence-corrected chi connectivity index (χ0v) is 17.1. The van der Waals surface area contributed by atoms with E-state index in [9.17, 15) is 4.79 Å². The zero-order valence-electron chi connectivity index (χ0n) is 16.3. The van der Waals surface area contributed by atoms with E-state index in [4.69, 9.17) is 26.4 Å². The fraction of sp³-hybridized carbons (Fsp3) is 0.182. The van der Waals surface area contributed by atoms with Gasteiger partial charge in [-0.15, -0.1) is 0 Å². The quantitative estimate of drug-likeness (QED) is 0.404. The van der Waals surface area contributed by atoms with Crippen LogP contribution in [0.1, 0.15) is 12.5 Å². The number of rotatable bonds is 8. The van der Waals surface area contributed by atoms with Crippen molar-refractivity contribution in [3.63, 3.8) is 0 Å². The van der Waals surface area contributed by atoms with Gasteiger partial charge in [0.15, 0.2) is 16.6 Å². The Morgan fingerprint density at radius 1 is 1.14 bits per heavy atom. The van der Waals surface area contributed by atoms with Crippen LogP contribution in [0.5, 0.6) is 17.2 Å². The molecule has 1 fully saturated rings. The zero-order chi connectivity index (χ0) is 20.8. The second kappa shape index (κ2) is 9.25. The normalized spacial score (nSPS) is 14.7. The van der Waals surface area contributed by atoms with E-state index in [2.05, 4.69) is 11.9 Å². The highest BCUT2D eigenvalue weighted by Crippen LogP contribution is 2.30. The summed E-state index contributed by atoms with van der Waals surface area (Å²) in [4.78, 5) is 14.4. The third kappa shape index (κ3) is 4.57. The van der Waals surface area contributed by atoms with Crippen molar-refractivity contribution >= 4 is 35.0 Å². The molecular formula is C22H22N2O4S. The average molecular weight is 410 g/mol. The maximum atomic E-state index is 12.9. The molecule has 0 saturated carbocycles. The summed E-state index contributed by atoms with van der Waals surface area (Å²) in [5.74, 6) is 1.70. The van der Waals surface area contributed by atoms with Crippen LogP contribution in [-0.4, -0.2) is 31.3 Å². The van der Waals surface area contributed by atoms with E-state index in [1.54, 1.807) is 49.6 Å². The van der Waals surface area contributed by atoms with Crippen molar-refractivity contribution in [2.24, 2.45) is 0 Å². The van der Waals surface area contributed by atoms with Gasteiger partial charge >= 0.3 is 0 Å². The van der Waals surface area contributed by atoms with Crippen LogP contribution >= 0.6 is 12.2 Å². The van der Waals surface area contributed by atoms with Crippen molar-refractivity contribution in [2.45, 2.75) is 6.92 Å². The fourth-order valence-electron chi connectivity index (χ4n) is 2.82. The highest BCUT2D eigenvalue weighted by molar-refractivity contribution is 7.80. The van der Waals surface area contributed by atoms with Crippen LogP contribution in [0.4, 0.5) is 5.69 Å². The van der Waals surface area contributed by atoms with Crippen molar-refractivity contribution in [3.8, 4) is 17.2 Å². The molecule has 0 bridgehead atoms. The van der Waals surface area contributed by atoms with Crippen LogP contribution in [0.25, 0.3) is 6.08 Å². The number of anilines is 1. The van der Waals surface area contributed by atoms with Crippen LogP contribution in [0.2, 0.25) is 0 Å². The highest BCUT2D eigenvalue weighted by atomic mass is 32.1. The lowest BCUT2D eigenvalue weighted by Crippen LogP contribution is -2.30. The molecule has 0 unspecified atom stereocenters. The molecule has 150 valence electrons. The molecule has 2 aromatic rings. The molecule has 1 aliphatic rings. The van der Waals surface area contributed by atoms with Gasteiger partial charge in [-0.3, -0.25) is 9.69 Å². The molecule has 1 amide bonds. The second-order valence-corrected chi connectivity index (χ2v) is 6.45. The maximum Gasteiger partial charge on any atom is 0.281 e. The van der Waals surface area contributed by atoms with Crippen molar-refractivity contribution < 1.29 is 19.0 Å². The Morgan fingerprint density at radius 3 is 2.55 bits per heavy atom. The minimum atomic E-state index is -0.231. The molecular weight excluding hydrogens is 388 g/mol. The number of amides is 1. The molecule has 0 spiro atoms. The number of benzene rings is 2. The van der Waals surface area contributed by atoms with E-state index in [1.807, 2.05) is 19.1 Å². The SMILES string of the molecule is C=CCOc1ccc(/C=C2\NC(=S)N(c3ccc(OC)cc3)C2=O)cc1OCC. The predicted octanol–water partition coefficient (Wildman–Crippen LogP) is 3.92. The number of methoxy groups -OCH3 is 1. The van der Waals surface area contributed by atoms with Gasteiger partial charge in [-0.25, -0.2) is 0 Å². The fourth-order valence-corrected chi connectivity index (χ4v) is 3.12. The first-order valence-corrected chi connectivity index (χ1v) is 9.50. The Labute approximate surface area is 175 Å². The van der Waals surface area contributed by atoms with Crippen molar-refractivity contribution in [1.29, 1.82) is 0 Å². The summed E-state index contributed by atoms with van der Waals surface area (Å²) in [5.41, 5.74) is 1.84. The minimum absolute atomic E-state index is 0.231. The van der Waals surface area contributed by atoms with E-state index in [-0.39, 0.29) is 5.91 Å². The van der Waals surface area contributed by atoms with E-state index < -0.39 is 0 Å². The van der Waals surface area contributed by atoms with Crippen LogP contribution in [-0.2, 0) is 4.79 Å². The van der Waals surface area contributed by atoms with Gasteiger partial charge in [-0.2, -0.15) is 0 Å². The van der Waals surface area contributed by atoms with Crippen LogP contribution in [0.15, 0.2) is 60.8 Å². The summed E-state index contributed by atoms with van der Waals surface area (Å²) >= 11 is 5.36. The minimum Gasteiger partial charge on any atom is -0.497 e. The maximum absolute atomic E-state index is 12.9. The number of nitrogens with one attached hydrogen (secondary N) is 1. The Morgan fingerprint density at radius 2 is 1.90 bits per heavy atom. The molecule has 1 aliphatic heterocycles. The number of ether oxygens (including phenoxy) is 3. The Bertz CT molecular complexity index is 954. The lowest BCUT2D eigenvalue weighted by Gasteiger charge is -2.14. The number of thiocarbonyl (C=S) groups is 1. The van der Waals surface area contributed by atoms with Gasteiger partial charge in [0.05, 0.1) is 19.4 Å². The molecule has 0 aromatic heterocycles. The van der Waals surface area contributed by atoms with Gasteiger partial charge in [-0.1, -0.05) is 18.7 Å². The van der Waals surface area contributed by atoms with Crippen LogP contribution in [0.3, 0.4) is 0 Å². The van der Waals surface area contributed by atoms with Gasteiger partial charge in [0, 0.05) is 0 Å². The van der Waals surface area contributed by atoms with E-state index in [0.717, 1.165) is 5.56 Å². The lowest BCUT2D eigenvalue weighted by molar-refractivity contribution is -0.113. The molecule has 1 N–H and O–H groups in total. The third-order valence-corrected chi connectivity index (χ3v) is 4.43. The van der Waals surface area contributed by atoms with Gasteiger partial charge in [0.25, 0.3) is 5.91 Å². The molecule has 2 aromatic carbocycles. The first-order chi connectivity index (χ1) is 14.1. The Kier molecular flexibility index (Phi) is 6.51. The molecule has 0 radical (unpaired) electrons. The van der Waals surface area contributed by atoms with Crippen molar-refractivity contribution in [1.82, 2.24) is 5.32 Å². The number of hydrogen-bond acceptors (Lipinski definition) is 5. The summed E-state index contributed by atoms with van der Waals surface area (Å²) in [6.07, 6.45) is 3.40. The number of hydrogen-bond donors (Lipinski definition) is 1. The molecule has 0 aliphatic carbocycles. The van der Waals surface area contributed by atoms with E-state index in [1.165, 1.54) is 4.90 Å². The van der Waals surface area contributed by atoms with Gasteiger partial charge in [0.2, 0.25) is 0 Å². The van der Waals surface area contributed by atoms with Crippen LogP contribution < -0.4 is 24.4 Å². The molecule has 3 rings (SSSR count). The van der Waals surface area contributed by atoms with Crippen LogP contribution in [0, 0.1) is 0 Å². The van der Waals surface area contributed by atoms with E-state index >= 15 is 0 Å². The largest absolute Gasteiger partial charge is 0.497 e. The molecule has 1 heterocycles. The number of carbonyl (C=O) groups excluding carboxylic acids is 1. The van der Waals surface area contributed by atoms with Gasteiger partial charge < -0.3 is 19.5 Å². The molecule has 7 heteroatoms. The van der Waals surface area contributed by atoms with Gasteiger partial charge in [0.1, 0.15) is 18.1 Å². The summed E-state index contributed by atoms with van der Waals surface area (Å²) in [5, 5.41) is 3.30. The molecule has 6 nitrogen and oxygen atoms in total. The topological polar surface area (TPSA) is 60.0 Å². The molecule has 1 saturated heterocycles. The van der Waals surface area contributed by atoms with Gasteiger partial charge in [-0.05, 0) is 67.2 Å². The average Bonchev–Trinajstić information content (AvgIpc) is 3.00. The first kappa shape index (κ1) is 20.4. The Balaban J connectivity index is 1.86. The first-order valence-electron chi connectivity index (χ1n) is 9.09. The standard InChI is InChI=1S/C22H22N2O4S/c1-4-12-28-19-11-6-15(14-20(19)27-5-2)13-18-21(25)24(22(29)23-18)16-7-9-17(26-3)10-8-16/h4,6-11,13-14H,1,5,12H2,2-3H3,(H,23,29)/b18-13-. The lowest BCUT2D eigenvalue weighted by atomic mass is 10.1. The monoisotopic (exact) mass is 410 g/mol. The predicted molar refractivity (Wildman–Crippen MR) is 117 cm³/mol. The summed E-state index contributed by atoms with van der Waals surface area (Å²) < 4.78 is 16.4. The second-order valence-electron chi connectivity index (χ2n) is 6.07. The van der Waals surface area contributed by atoms with E-state index in [0.29, 0.717) is 47.0 Å². The number of nitrogens with zero attached hydrogens (tertiary/aromatic N) is 1. The summed E-state index contributed by atoms with van der Waals surface area (Å²) in [7, 11) is 1.59. The van der Waals surface area contributed by atoms with Crippen molar-refractivity contribution in [3.05, 3.63) is 66.4 Å².